The van der Waals surface area contributed by atoms with Crippen LogP contribution >= 0.6 is 0 Å². The number of amides is 1. The standard InChI is InChI=1S/C22H28N2O4/c1-4-26-16-9-10-21-18(15-16)19(11-13-27-21)23-22(25)17-7-5-6-8-20(17)28-14-12-24(2)3/h5-10,15,19H,4,11-14H2,1-3H3,(H,23,25). The van der Waals surface area contributed by atoms with Crippen molar-refractivity contribution in [2.75, 3.05) is 40.5 Å². The Kier molecular flexibility index (Phi) is 6.76. The van der Waals surface area contributed by atoms with Crippen molar-refractivity contribution in [3.05, 3.63) is 53.6 Å². The summed E-state index contributed by atoms with van der Waals surface area (Å²) in [5.74, 6) is 2.01. The largest absolute Gasteiger partial charge is 0.494 e. The van der Waals surface area contributed by atoms with Gasteiger partial charge in [0.1, 0.15) is 23.9 Å². The van der Waals surface area contributed by atoms with Crippen LogP contribution in [0.3, 0.4) is 0 Å². The van der Waals surface area contributed by atoms with Crippen LogP contribution in [0.1, 0.15) is 35.3 Å². The fraction of sp³-hybridized carbons (Fsp3) is 0.409. The highest BCUT2D eigenvalue weighted by molar-refractivity contribution is 5.97. The van der Waals surface area contributed by atoms with Crippen LogP contribution in [0.5, 0.6) is 17.2 Å². The van der Waals surface area contributed by atoms with Crippen molar-refractivity contribution < 1.29 is 19.0 Å². The van der Waals surface area contributed by atoms with Gasteiger partial charge in [0, 0.05) is 18.5 Å². The van der Waals surface area contributed by atoms with Gasteiger partial charge in [-0.2, -0.15) is 0 Å². The summed E-state index contributed by atoms with van der Waals surface area (Å²) < 4.78 is 17.2. The summed E-state index contributed by atoms with van der Waals surface area (Å²) in [6, 6.07) is 12.9. The lowest BCUT2D eigenvalue weighted by atomic mass is 9.99. The first-order chi connectivity index (χ1) is 13.6. The Morgan fingerprint density at radius 2 is 2.04 bits per heavy atom. The second kappa shape index (κ2) is 9.46. The zero-order chi connectivity index (χ0) is 19.9. The Bertz CT molecular complexity index is 807. The molecular formula is C22H28N2O4. The van der Waals surface area contributed by atoms with Gasteiger partial charge >= 0.3 is 0 Å². The van der Waals surface area contributed by atoms with Gasteiger partial charge in [0.05, 0.1) is 24.8 Å². The molecule has 6 heteroatoms. The molecule has 2 aromatic carbocycles. The third-order valence-corrected chi connectivity index (χ3v) is 4.56. The SMILES string of the molecule is CCOc1ccc2c(c1)C(NC(=O)c1ccccc1OCCN(C)C)CCO2. The maximum absolute atomic E-state index is 13.0. The smallest absolute Gasteiger partial charge is 0.255 e. The van der Waals surface area contributed by atoms with E-state index in [1.807, 2.05) is 62.3 Å². The highest BCUT2D eigenvalue weighted by atomic mass is 16.5. The van der Waals surface area contributed by atoms with Gasteiger partial charge in [-0.15, -0.1) is 0 Å². The number of para-hydroxylation sites is 1. The minimum atomic E-state index is -0.153. The molecule has 0 fully saturated rings. The molecule has 1 heterocycles. The Morgan fingerprint density at radius 1 is 1.21 bits per heavy atom. The Hall–Kier alpha value is -2.73. The van der Waals surface area contributed by atoms with Gasteiger partial charge in [0.2, 0.25) is 0 Å². The number of hydrogen-bond donors (Lipinski definition) is 1. The van der Waals surface area contributed by atoms with E-state index in [2.05, 4.69) is 5.32 Å². The molecule has 0 saturated carbocycles. The molecule has 0 spiro atoms. The summed E-state index contributed by atoms with van der Waals surface area (Å²) >= 11 is 0. The van der Waals surface area contributed by atoms with Gasteiger partial charge in [-0.25, -0.2) is 0 Å². The van der Waals surface area contributed by atoms with Crippen molar-refractivity contribution in [3.63, 3.8) is 0 Å². The number of likely N-dealkylation sites (N-methyl/N-ethyl adjacent to an activating group) is 1. The molecule has 150 valence electrons. The van der Waals surface area contributed by atoms with Crippen molar-refractivity contribution in [1.29, 1.82) is 0 Å². The van der Waals surface area contributed by atoms with Gasteiger partial charge < -0.3 is 24.4 Å². The summed E-state index contributed by atoms with van der Waals surface area (Å²) in [6.07, 6.45) is 0.706. The van der Waals surface area contributed by atoms with E-state index < -0.39 is 0 Å². The molecule has 1 N–H and O–H groups in total. The van der Waals surface area contributed by atoms with Crippen LogP contribution < -0.4 is 19.5 Å². The van der Waals surface area contributed by atoms with Crippen LogP contribution in [0.25, 0.3) is 0 Å². The summed E-state index contributed by atoms with van der Waals surface area (Å²) in [6.45, 7) is 4.41. The predicted octanol–water partition coefficient (Wildman–Crippen LogP) is 3.28. The van der Waals surface area contributed by atoms with Gasteiger partial charge in [-0.1, -0.05) is 12.1 Å². The molecule has 0 bridgehead atoms. The average molecular weight is 384 g/mol. The predicted molar refractivity (Wildman–Crippen MR) is 108 cm³/mol. The fourth-order valence-corrected chi connectivity index (χ4v) is 3.13. The van der Waals surface area contributed by atoms with Crippen LogP contribution in [-0.4, -0.2) is 51.3 Å². The van der Waals surface area contributed by atoms with Crippen LogP contribution in [0.4, 0.5) is 0 Å². The minimum Gasteiger partial charge on any atom is -0.494 e. The van der Waals surface area contributed by atoms with Gasteiger partial charge in [0.15, 0.2) is 0 Å². The second-order valence-corrected chi connectivity index (χ2v) is 6.94. The molecule has 2 aromatic rings. The first-order valence-electron chi connectivity index (χ1n) is 9.65. The normalized spacial score (nSPS) is 15.5. The van der Waals surface area contributed by atoms with Crippen molar-refractivity contribution in [3.8, 4) is 17.2 Å². The maximum atomic E-state index is 13.0. The highest BCUT2D eigenvalue weighted by Gasteiger charge is 2.25. The number of hydrogen-bond acceptors (Lipinski definition) is 5. The summed E-state index contributed by atoms with van der Waals surface area (Å²) in [5.41, 5.74) is 1.48. The van der Waals surface area contributed by atoms with E-state index in [0.717, 1.165) is 23.6 Å². The number of nitrogens with one attached hydrogen (secondary N) is 1. The molecule has 0 aliphatic carbocycles. The van der Waals surface area contributed by atoms with Crippen LogP contribution in [-0.2, 0) is 0 Å². The van der Waals surface area contributed by atoms with Gasteiger partial charge in [0.25, 0.3) is 5.91 Å². The lowest BCUT2D eigenvalue weighted by Crippen LogP contribution is -2.32. The molecule has 0 aromatic heterocycles. The molecule has 6 nitrogen and oxygen atoms in total. The van der Waals surface area contributed by atoms with Crippen molar-refractivity contribution in [2.45, 2.75) is 19.4 Å². The van der Waals surface area contributed by atoms with Gasteiger partial charge in [-0.05, 0) is 51.4 Å². The Labute approximate surface area is 166 Å². The van der Waals surface area contributed by atoms with Crippen molar-refractivity contribution in [2.24, 2.45) is 0 Å². The number of ether oxygens (including phenoxy) is 3. The highest BCUT2D eigenvalue weighted by Crippen LogP contribution is 2.35. The number of nitrogens with zero attached hydrogens (tertiary/aromatic N) is 1. The fourth-order valence-electron chi connectivity index (χ4n) is 3.13. The molecule has 0 saturated heterocycles. The Balaban J connectivity index is 1.75. The van der Waals surface area contributed by atoms with Crippen LogP contribution in [0.15, 0.2) is 42.5 Å². The molecule has 28 heavy (non-hydrogen) atoms. The maximum Gasteiger partial charge on any atom is 0.255 e. The molecule has 0 radical (unpaired) electrons. The number of carbonyl (C=O) groups is 1. The third-order valence-electron chi connectivity index (χ3n) is 4.56. The zero-order valence-corrected chi connectivity index (χ0v) is 16.7. The molecule has 1 unspecified atom stereocenters. The van der Waals surface area contributed by atoms with Crippen LogP contribution in [0.2, 0.25) is 0 Å². The number of rotatable bonds is 8. The van der Waals surface area contributed by atoms with E-state index >= 15 is 0 Å². The topological polar surface area (TPSA) is 60.0 Å². The first kappa shape index (κ1) is 20.0. The van der Waals surface area contributed by atoms with Gasteiger partial charge in [-0.3, -0.25) is 4.79 Å². The molecule has 1 aliphatic rings. The number of benzene rings is 2. The monoisotopic (exact) mass is 384 g/mol. The van der Waals surface area contributed by atoms with Crippen molar-refractivity contribution >= 4 is 5.91 Å². The van der Waals surface area contributed by atoms with E-state index in [1.165, 1.54) is 0 Å². The lowest BCUT2D eigenvalue weighted by Gasteiger charge is -2.27. The molecular weight excluding hydrogens is 356 g/mol. The van der Waals surface area contributed by atoms with E-state index in [-0.39, 0.29) is 11.9 Å². The average Bonchev–Trinajstić information content (AvgIpc) is 2.69. The molecule has 1 atom stereocenters. The number of fused-ring (bicyclic) bond motifs is 1. The number of carbonyl (C=O) groups excluding carboxylic acids is 1. The van der Waals surface area contributed by atoms with Crippen molar-refractivity contribution in [1.82, 2.24) is 10.2 Å². The molecule has 3 rings (SSSR count). The van der Waals surface area contributed by atoms with E-state index in [1.54, 1.807) is 6.07 Å². The summed E-state index contributed by atoms with van der Waals surface area (Å²) in [7, 11) is 3.97. The second-order valence-electron chi connectivity index (χ2n) is 6.94. The van der Waals surface area contributed by atoms with Crippen LogP contribution in [0, 0.1) is 0 Å². The summed E-state index contributed by atoms with van der Waals surface area (Å²) in [5, 5.41) is 3.14. The van der Waals surface area contributed by atoms with E-state index in [9.17, 15) is 4.79 Å². The summed E-state index contributed by atoms with van der Waals surface area (Å²) in [4.78, 5) is 15.0. The van der Waals surface area contributed by atoms with E-state index in [0.29, 0.717) is 37.6 Å². The van der Waals surface area contributed by atoms with E-state index in [4.69, 9.17) is 14.2 Å². The minimum absolute atomic E-state index is 0.133. The molecule has 1 amide bonds. The lowest BCUT2D eigenvalue weighted by molar-refractivity contribution is 0.0920. The zero-order valence-electron chi connectivity index (χ0n) is 16.7. The quantitative estimate of drug-likeness (QED) is 0.757. The molecule has 1 aliphatic heterocycles. The first-order valence-corrected chi connectivity index (χ1v) is 9.65. The third kappa shape index (κ3) is 4.95. The Morgan fingerprint density at radius 3 is 2.82 bits per heavy atom.